The van der Waals surface area contributed by atoms with E-state index in [1.54, 1.807) is 6.20 Å². The number of fused-ring (bicyclic) bond motifs is 5. The number of nitrogens with zero attached hydrogens (tertiary/aromatic N) is 1. The second-order valence-electron chi connectivity index (χ2n) is 11.6. The van der Waals surface area contributed by atoms with Gasteiger partial charge in [0.25, 0.3) is 0 Å². The van der Waals surface area contributed by atoms with E-state index in [0.29, 0.717) is 0 Å². The Morgan fingerprint density at radius 3 is 2.24 bits per heavy atom. The molecule has 0 aliphatic carbocycles. The van der Waals surface area contributed by atoms with Crippen molar-refractivity contribution in [2.24, 2.45) is 5.73 Å². The lowest BCUT2D eigenvalue weighted by Gasteiger charge is -2.19. The number of dihydropyridines is 1. The zero-order valence-electron chi connectivity index (χ0n) is 26.3. The molecule has 3 N–H and O–H groups in total. The fourth-order valence-electron chi connectivity index (χ4n) is 6.69. The molecule has 0 bridgehead atoms. The van der Waals surface area contributed by atoms with E-state index in [-0.39, 0.29) is 0 Å². The first-order chi connectivity index (χ1) is 22.6. The average Bonchev–Trinajstić information content (AvgIpc) is 3.45. The number of nitrogens with one attached hydrogen (secondary N) is 1. The van der Waals surface area contributed by atoms with Gasteiger partial charge in [0.15, 0.2) is 0 Å². The molecule has 46 heavy (non-hydrogen) atoms. The van der Waals surface area contributed by atoms with Gasteiger partial charge in [-0.15, -0.1) is 0 Å². The van der Waals surface area contributed by atoms with E-state index >= 15 is 0 Å². The highest BCUT2D eigenvalue weighted by Gasteiger charge is 2.17. The number of nitrogens with two attached hydrogens (primary N) is 1. The lowest BCUT2D eigenvalue weighted by atomic mass is 9.97. The van der Waals surface area contributed by atoms with E-state index in [0.717, 1.165) is 29.1 Å². The van der Waals surface area contributed by atoms with Gasteiger partial charge in [-0.2, -0.15) is 0 Å². The number of benzene rings is 5. The highest BCUT2D eigenvalue weighted by Crippen LogP contribution is 2.39. The van der Waals surface area contributed by atoms with Crippen LogP contribution in [0.1, 0.15) is 25.0 Å². The Morgan fingerprint density at radius 1 is 0.739 bits per heavy atom. The van der Waals surface area contributed by atoms with Crippen LogP contribution in [0.2, 0.25) is 0 Å². The molecule has 2 heterocycles. The van der Waals surface area contributed by atoms with E-state index in [1.165, 1.54) is 60.4 Å². The van der Waals surface area contributed by atoms with Gasteiger partial charge in [0.05, 0.1) is 11.0 Å². The number of aromatic nitrogens is 1. The highest BCUT2D eigenvalue weighted by atomic mass is 15.0. The Bertz CT molecular complexity index is 2290. The molecule has 0 unspecified atom stereocenters. The summed E-state index contributed by atoms with van der Waals surface area (Å²) in [6.07, 6.45) is 14.0. The van der Waals surface area contributed by atoms with Gasteiger partial charge >= 0.3 is 0 Å². The predicted molar refractivity (Wildman–Crippen MR) is 199 cm³/mol. The maximum atomic E-state index is 5.74. The fraction of sp³-hybridized carbons (Fsp3) is 0.0698. The molecule has 5 aromatic carbocycles. The van der Waals surface area contributed by atoms with Gasteiger partial charge in [0, 0.05) is 34.1 Å². The van der Waals surface area contributed by atoms with Crippen LogP contribution in [0.4, 0.5) is 0 Å². The van der Waals surface area contributed by atoms with E-state index < -0.39 is 0 Å². The van der Waals surface area contributed by atoms with Crippen LogP contribution in [0.25, 0.3) is 60.7 Å². The smallest absolute Gasteiger partial charge is 0.0619 e. The number of allylic oxidation sites excluding steroid dienone is 7. The summed E-state index contributed by atoms with van der Waals surface area (Å²) >= 11 is 0. The van der Waals surface area contributed by atoms with Gasteiger partial charge in [0.2, 0.25) is 0 Å². The lowest BCUT2D eigenvalue weighted by Crippen LogP contribution is -2.19. The van der Waals surface area contributed by atoms with Gasteiger partial charge in [-0.25, -0.2) is 0 Å². The van der Waals surface area contributed by atoms with Crippen molar-refractivity contribution >= 4 is 43.8 Å². The molecule has 0 saturated heterocycles. The summed E-state index contributed by atoms with van der Waals surface area (Å²) in [5, 5.41) is 8.55. The minimum Gasteiger partial charge on any atom is -0.405 e. The Hall–Kier alpha value is -5.80. The largest absolute Gasteiger partial charge is 0.405 e. The molecule has 1 aliphatic heterocycles. The third-order valence-corrected chi connectivity index (χ3v) is 9.01. The Kier molecular flexibility index (Phi) is 7.74. The molecule has 3 heteroatoms. The lowest BCUT2D eigenvalue weighted by molar-refractivity contribution is 0.953. The van der Waals surface area contributed by atoms with Crippen LogP contribution in [-0.4, -0.2) is 11.1 Å². The van der Waals surface area contributed by atoms with Crippen LogP contribution in [0.5, 0.6) is 0 Å². The molecule has 0 atom stereocenters. The normalized spacial score (nSPS) is 14.1. The van der Waals surface area contributed by atoms with Crippen LogP contribution < -0.4 is 11.1 Å². The summed E-state index contributed by atoms with van der Waals surface area (Å²) in [7, 11) is 0. The number of rotatable bonds is 7. The summed E-state index contributed by atoms with van der Waals surface area (Å²) in [5.41, 5.74) is 18.6. The third-order valence-electron chi connectivity index (χ3n) is 9.01. The molecular formula is C43H37N3. The van der Waals surface area contributed by atoms with Crippen molar-refractivity contribution in [3.05, 3.63) is 175 Å². The van der Waals surface area contributed by atoms with Crippen LogP contribution >= 0.6 is 0 Å². The van der Waals surface area contributed by atoms with Gasteiger partial charge in [0.1, 0.15) is 0 Å². The maximum Gasteiger partial charge on any atom is 0.0619 e. The topological polar surface area (TPSA) is 43.0 Å². The number of para-hydroxylation sites is 1. The average molecular weight is 596 g/mol. The van der Waals surface area contributed by atoms with Gasteiger partial charge in [-0.3, -0.25) is 0 Å². The van der Waals surface area contributed by atoms with Crippen LogP contribution in [0.3, 0.4) is 0 Å². The fourth-order valence-corrected chi connectivity index (χ4v) is 6.69. The maximum absolute atomic E-state index is 5.74. The second-order valence-corrected chi connectivity index (χ2v) is 11.6. The first kappa shape index (κ1) is 28.9. The molecular weight excluding hydrogens is 558 g/mol. The van der Waals surface area contributed by atoms with Crippen molar-refractivity contribution in [1.82, 2.24) is 9.88 Å². The molecule has 3 nitrogen and oxygen atoms in total. The number of hydrogen-bond acceptors (Lipinski definition) is 2. The number of hydrogen-bond donors (Lipinski definition) is 2. The summed E-state index contributed by atoms with van der Waals surface area (Å²) < 4.78 is 2.43. The summed E-state index contributed by atoms with van der Waals surface area (Å²) in [4.78, 5) is 0. The molecule has 6 aromatic rings. The quantitative estimate of drug-likeness (QED) is 0.180. The standard InChI is InChI=1S/C43H37N3/c1-4-29(5-2)36-18-22-41(45-28-36)35-17-19-38-34(26-35)16-21-40-39-20-15-33(32-12-10-11-31(25-32)30(6-3)23-24-44)27-42(39)46(43(38)40)37-13-8-7-9-14-37/h4-27,45H,1,28,44H2,2-3H3/b24-23-,29-5+,30-6+. The van der Waals surface area contributed by atoms with Crippen molar-refractivity contribution in [2.45, 2.75) is 13.8 Å². The minimum atomic E-state index is 0.780. The monoisotopic (exact) mass is 595 g/mol. The van der Waals surface area contributed by atoms with E-state index in [9.17, 15) is 0 Å². The predicted octanol–water partition coefficient (Wildman–Crippen LogP) is 10.5. The van der Waals surface area contributed by atoms with Gasteiger partial charge in [-0.1, -0.05) is 104 Å². The van der Waals surface area contributed by atoms with Crippen molar-refractivity contribution in [1.29, 1.82) is 0 Å². The van der Waals surface area contributed by atoms with E-state index in [4.69, 9.17) is 5.73 Å². The van der Waals surface area contributed by atoms with Crippen LogP contribution in [-0.2, 0) is 0 Å². The van der Waals surface area contributed by atoms with Crippen LogP contribution in [0.15, 0.2) is 164 Å². The molecule has 1 aromatic heterocycles. The van der Waals surface area contributed by atoms with Gasteiger partial charge < -0.3 is 15.6 Å². The minimum absolute atomic E-state index is 0.780. The third kappa shape index (κ3) is 5.06. The molecule has 224 valence electrons. The molecule has 0 fully saturated rings. The SMILES string of the molecule is C=C/C(=C\C)C1=CC=C(c2ccc3c(ccc4c5ccc(-c6cccc(C(/C=C\N)=C/C)c6)cc5n(-c5ccccc5)c34)c2)NC1. The molecule has 1 aliphatic rings. The van der Waals surface area contributed by atoms with Gasteiger partial charge in [-0.05, 0) is 107 Å². The molecule has 7 rings (SSSR count). The Balaban J connectivity index is 1.40. The molecule has 0 amide bonds. The zero-order chi connectivity index (χ0) is 31.6. The first-order valence-corrected chi connectivity index (χ1v) is 15.8. The molecule has 0 radical (unpaired) electrons. The van der Waals surface area contributed by atoms with Crippen molar-refractivity contribution in [3.63, 3.8) is 0 Å². The van der Waals surface area contributed by atoms with Crippen molar-refractivity contribution < 1.29 is 0 Å². The summed E-state index contributed by atoms with van der Waals surface area (Å²) in [5.74, 6) is 0. The molecule has 0 saturated carbocycles. The highest BCUT2D eigenvalue weighted by molar-refractivity contribution is 6.19. The van der Waals surface area contributed by atoms with Crippen LogP contribution in [0, 0.1) is 0 Å². The second kappa shape index (κ2) is 12.3. The Morgan fingerprint density at radius 2 is 1.50 bits per heavy atom. The van der Waals surface area contributed by atoms with E-state index in [1.807, 2.05) is 19.1 Å². The van der Waals surface area contributed by atoms with Crippen molar-refractivity contribution in [3.8, 4) is 16.8 Å². The zero-order valence-corrected chi connectivity index (χ0v) is 26.3. The summed E-state index contributed by atoms with van der Waals surface area (Å²) in [6, 6.07) is 37.6. The molecule has 0 spiro atoms. The Labute approximate surface area is 270 Å². The summed E-state index contributed by atoms with van der Waals surface area (Å²) in [6.45, 7) is 8.83. The van der Waals surface area contributed by atoms with E-state index in [2.05, 4.69) is 151 Å². The van der Waals surface area contributed by atoms with Crippen molar-refractivity contribution in [2.75, 3.05) is 6.54 Å². The first-order valence-electron chi connectivity index (χ1n) is 15.8.